The van der Waals surface area contributed by atoms with Gasteiger partial charge in [-0.3, -0.25) is 4.79 Å². The summed E-state index contributed by atoms with van der Waals surface area (Å²) in [4.78, 5) is 12.1. The van der Waals surface area contributed by atoms with Crippen molar-refractivity contribution in [1.29, 1.82) is 0 Å². The van der Waals surface area contributed by atoms with Crippen LogP contribution in [0.2, 0.25) is 5.02 Å². The van der Waals surface area contributed by atoms with Crippen LogP contribution in [0.15, 0.2) is 53.4 Å². The molecule has 0 aromatic heterocycles. The highest BCUT2D eigenvalue weighted by Crippen LogP contribution is 2.16. The van der Waals surface area contributed by atoms with Crippen LogP contribution in [-0.4, -0.2) is 20.6 Å². The van der Waals surface area contributed by atoms with Gasteiger partial charge in [0.2, 0.25) is 5.91 Å². The van der Waals surface area contributed by atoms with Crippen LogP contribution in [0.25, 0.3) is 0 Å². The number of carbonyl (C=O) groups is 1. The predicted molar refractivity (Wildman–Crippen MR) is 88.0 cm³/mol. The molecule has 0 heterocycles. The van der Waals surface area contributed by atoms with Gasteiger partial charge < -0.3 is 5.32 Å². The van der Waals surface area contributed by atoms with Gasteiger partial charge in [-0.15, -0.1) is 0 Å². The number of hydrogen-bond acceptors (Lipinski definition) is 3. The Hall–Kier alpha value is -1.85. The normalized spacial score (nSPS) is 11.2. The van der Waals surface area contributed by atoms with Gasteiger partial charge in [0.05, 0.1) is 4.90 Å². The van der Waals surface area contributed by atoms with E-state index in [9.17, 15) is 13.2 Å². The van der Waals surface area contributed by atoms with Gasteiger partial charge in [-0.25, -0.2) is 8.42 Å². The van der Waals surface area contributed by atoms with E-state index in [0.29, 0.717) is 23.6 Å². The summed E-state index contributed by atoms with van der Waals surface area (Å²) >= 11 is 5.89. The largest absolute Gasteiger partial charge is 0.326 e. The minimum Gasteiger partial charge on any atom is -0.326 e. The number of aryl methyl sites for hydroxylation is 1. The van der Waals surface area contributed by atoms with E-state index in [0.717, 1.165) is 11.8 Å². The van der Waals surface area contributed by atoms with Crippen molar-refractivity contribution in [2.75, 3.05) is 11.6 Å². The topological polar surface area (TPSA) is 63.2 Å². The molecule has 1 amide bonds. The zero-order valence-corrected chi connectivity index (χ0v) is 13.6. The molecule has 0 radical (unpaired) electrons. The molecule has 4 nitrogen and oxygen atoms in total. The number of carbonyl (C=O) groups excluding carboxylic acids is 1. The first-order chi connectivity index (χ1) is 10.3. The van der Waals surface area contributed by atoms with Gasteiger partial charge in [-0.05, 0) is 42.3 Å². The first kappa shape index (κ1) is 16.5. The van der Waals surface area contributed by atoms with Gasteiger partial charge >= 0.3 is 0 Å². The first-order valence-corrected chi connectivity index (χ1v) is 8.96. The van der Waals surface area contributed by atoms with Crippen molar-refractivity contribution < 1.29 is 13.2 Å². The average Bonchev–Trinajstić information content (AvgIpc) is 2.45. The summed E-state index contributed by atoms with van der Waals surface area (Å²) in [6.45, 7) is 0. The van der Waals surface area contributed by atoms with Crippen LogP contribution < -0.4 is 5.32 Å². The maximum absolute atomic E-state index is 11.9. The zero-order chi connectivity index (χ0) is 16.2. The summed E-state index contributed by atoms with van der Waals surface area (Å²) in [5, 5.41) is 3.34. The SMILES string of the molecule is CS(=O)(=O)c1cccc(NC(=O)CCc2cccc(Cl)c2)c1. The summed E-state index contributed by atoms with van der Waals surface area (Å²) < 4.78 is 23.0. The van der Waals surface area contributed by atoms with Crippen LogP contribution in [0.4, 0.5) is 5.69 Å². The fourth-order valence-corrected chi connectivity index (χ4v) is 2.86. The minimum atomic E-state index is -3.29. The van der Waals surface area contributed by atoms with Crippen molar-refractivity contribution in [3.63, 3.8) is 0 Å². The number of hydrogen-bond donors (Lipinski definition) is 1. The van der Waals surface area contributed by atoms with E-state index in [2.05, 4.69) is 5.32 Å². The fraction of sp³-hybridized carbons (Fsp3) is 0.188. The molecule has 2 aromatic rings. The molecule has 0 saturated heterocycles. The molecule has 0 bridgehead atoms. The average molecular weight is 338 g/mol. The van der Waals surface area contributed by atoms with Crippen LogP contribution in [-0.2, 0) is 21.1 Å². The molecule has 2 aromatic carbocycles. The standard InChI is InChI=1S/C16H16ClNO3S/c1-22(20,21)15-7-3-6-14(11-15)18-16(19)9-8-12-4-2-5-13(17)10-12/h2-7,10-11H,8-9H2,1H3,(H,18,19). The lowest BCUT2D eigenvalue weighted by molar-refractivity contribution is -0.116. The third-order valence-electron chi connectivity index (χ3n) is 3.08. The Kier molecular flexibility index (Phi) is 5.21. The smallest absolute Gasteiger partial charge is 0.224 e. The van der Waals surface area contributed by atoms with Crippen LogP contribution in [0.5, 0.6) is 0 Å². The highest BCUT2D eigenvalue weighted by atomic mass is 35.5. The number of benzene rings is 2. The Labute approximate surface area is 135 Å². The lowest BCUT2D eigenvalue weighted by Gasteiger charge is -2.07. The van der Waals surface area contributed by atoms with Crippen molar-refractivity contribution in [2.24, 2.45) is 0 Å². The molecule has 0 spiro atoms. The van der Waals surface area contributed by atoms with Gasteiger partial charge in [-0.1, -0.05) is 29.8 Å². The molecule has 116 valence electrons. The van der Waals surface area contributed by atoms with Crippen molar-refractivity contribution in [2.45, 2.75) is 17.7 Å². The molecule has 0 aliphatic rings. The highest BCUT2D eigenvalue weighted by molar-refractivity contribution is 7.90. The molecule has 0 aliphatic heterocycles. The summed E-state index contributed by atoms with van der Waals surface area (Å²) in [7, 11) is -3.29. The molecule has 0 aliphatic carbocycles. The number of nitrogens with one attached hydrogen (secondary N) is 1. The van der Waals surface area contributed by atoms with Crippen LogP contribution >= 0.6 is 11.6 Å². The number of halogens is 1. The number of amides is 1. The van der Waals surface area contributed by atoms with E-state index in [4.69, 9.17) is 11.6 Å². The number of sulfone groups is 1. The summed E-state index contributed by atoms with van der Waals surface area (Å²) in [5.41, 5.74) is 1.45. The molecule has 2 rings (SSSR count). The third kappa shape index (κ3) is 4.86. The Morgan fingerprint density at radius 2 is 1.86 bits per heavy atom. The van der Waals surface area contributed by atoms with Crippen molar-refractivity contribution in [1.82, 2.24) is 0 Å². The summed E-state index contributed by atoms with van der Waals surface area (Å²) in [6.07, 6.45) is 1.99. The Morgan fingerprint density at radius 3 is 2.55 bits per heavy atom. The van der Waals surface area contributed by atoms with Crippen LogP contribution in [0.3, 0.4) is 0 Å². The molecule has 6 heteroatoms. The van der Waals surface area contributed by atoms with Crippen molar-refractivity contribution >= 4 is 33.0 Å². The Bertz CT molecular complexity index is 787. The maximum Gasteiger partial charge on any atom is 0.224 e. The van der Waals surface area contributed by atoms with Crippen LogP contribution in [0, 0.1) is 0 Å². The van der Waals surface area contributed by atoms with Gasteiger partial charge in [0, 0.05) is 23.4 Å². The predicted octanol–water partition coefficient (Wildman–Crippen LogP) is 3.31. The molecular weight excluding hydrogens is 322 g/mol. The molecule has 1 N–H and O–H groups in total. The van der Waals surface area contributed by atoms with Gasteiger partial charge in [0.25, 0.3) is 0 Å². The molecule has 0 unspecified atom stereocenters. The second-order valence-electron chi connectivity index (χ2n) is 4.98. The van der Waals surface area contributed by atoms with Crippen LogP contribution in [0.1, 0.15) is 12.0 Å². The third-order valence-corrected chi connectivity index (χ3v) is 4.42. The van der Waals surface area contributed by atoms with E-state index in [1.54, 1.807) is 18.2 Å². The second-order valence-corrected chi connectivity index (χ2v) is 7.43. The Balaban J connectivity index is 1.98. The highest BCUT2D eigenvalue weighted by Gasteiger charge is 2.09. The molecular formula is C16H16ClNO3S. The summed E-state index contributed by atoms with van der Waals surface area (Å²) in [6, 6.07) is 13.5. The lowest BCUT2D eigenvalue weighted by Crippen LogP contribution is -2.12. The van der Waals surface area contributed by atoms with E-state index >= 15 is 0 Å². The minimum absolute atomic E-state index is 0.175. The fourth-order valence-electron chi connectivity index (χ4n) is 1.98. The van der Waals surface area contributed by atoms with Crippen molar-refractivity contribution in [3.05, 3.63) is 59.1 Å². The van der Waals surface area contributed by atoms with E-state index in [1.807, 2.05) is 18.2 Å². The number of rotatable bonds is 5. The number of anilines is 1. The molecule has 0 fully saturated rings. The lowest BCUT2D eigenvalue weighted by atomic mass is 10.1. The van der Waals surface area contributed by atoms with Gasteiger partial charge in [0.15, 0.2) is 9.84 Å². The summed E-state index contributed by atoms with van der Waals surface area (Å²) in [5.74, 6) is -0.175. The maximum atomic E-state index is 11.9. The molecule has 22 heavy (non-hydrogen) atoms. The first-order valence-electron chi connectivity index (χ1n) is 6.69. The van der Waals surface area contributed by atoms with Crippen molar-refractivity contribution in [3.8, 4) is 0 Å². The van der Waals surface area contributed by atoms with E-state index < -0.39 is 9.84 Å². The molecule has 0 saturated carbocycles. The Morgan fingerprint density at radius 1 is 1.14 bits per heavy atom. The molecule has 0 atom stereocenters. The monoisotopic (exact) mass is 337 g/mol. The second kappa shape index (κ2) is 6.94. The zero-order valence-electron chi connectivity index (χ0n) is 12.0. The van der Waals surface area contributed by atoms with Gasteiger partial charge in [-0.2, -0.15) is 0 Å². The van der Waals surface area contributed by atoms with E-state index in [1.165, 1.54) is 12.1 Å². The van der Waals surface area contributed by atoms with E-state index in [-0.39, 0.29) is 10.8 Å². The van der Waals surface area contributed by atoms with Gasteiger partial charge in [0.1, 0.15) is 0 Å². The quantitative estimate of drug-likeness (QED) is 0.910.